The van der Waals surface area contributed by atoms with Crippen molar-refractivity contribution >= 4 is 0 Å². The second-order valence-electron chi connectivity index (χ2n) is 5.79. The van der Waals surface area contributed by atoms with E-state index in [1.807, 2.05) is 0 Å². The first-order valence-corrected chi connectivity index (χ1v) is 8.40. The number of nitrogens with one attached hydrogen (secondary N) is 1. The zero-order valence-corrected chi connectivity index (χ0v) is 13.7. The van der Waals surface area contributed by atoms with E-state index in [2.05, 4.69) is 44.3 Å². The predicted octanol–water partition coefficient (Wildman–Crippen LogP) is 3.98. The fourth-order valence-electron chi connectivity index (χ4n) is 3.14. The van der Waals surface area contributed by atoms with E-state index in [1.54, 1.807) is 0 Å². The maximum atomic E-state index is 5.74. The normalized spacial score (nSPS) is 15.2. The average Bonchev–Trinajstić information content (AvgIpc) is 2.54. The molecular weight excluding hydrogens is 262 g/mol. The summed E-state index contributed by atoms with van der Waals surface area (Å²) in [6.45, 7) is 10.2. The van der Waals surface area contributed by atoms with Gasteiger partial charge in [0.25, 0.3) is 0 Å². The molecule has 0 radical (unpaired) electrons. The van der Waals surface area contributed by atoms with Gasteiger partial charge >= 0.3 is 0 Å². The molecule has 0 amide bonds. The Labute approximate surface area is 129 Å². The summed E-state index contributed by atoms with van der Waals surface area (Å²) in [5, 5.41) is 3.59. The fourth-order valence-corrected chi connectivity index (χ4v) is 3.14. The van der Waals surface area contributed by atoms with E-state index in [1.165, 1.54) is 24.8 Å². The minimum atomic E-state index is 0.544. The monoisotopic (exact) mass is 291 g/mol. The summed E-state index contributed by atoms with van der Waals surface area (Å²) in [6.07, 6.45) is 3.60. The summed E-state index contributed by atoms with van der Waals surface area (Å²) in [4.78, 5) is 0. The molecule has 1 unspecified atom stereocenters. The number of hydrogen-bond donors (Lipinski definition) is 1. The average molecular weight is 291 g/mol. The molecule has 0 fully saturated rings. The van der Waals surface area contributed by atoms with Crippen LogP contribution in [0.2, 0.25) is 0 Å². The molecule has 3 heteroatoms. The molecule has 3 nitrogen and oxygen atoms in total. The largest absolute Gasteiger partial charge is 0.486 e. The van der Waals surface area contributed by atoms with Gasteiger partial charge in [-0.15, -0.1) is 0 Å². The van der Waals surface area contributed by atoms with Crippen LogP contribution in [0.4, 0.5) is 0 Å². The molecule has 0 bridgehead atoms. The van der Waals surface area contributed by atoms with Gasteiger partial charge in [-0.3, -0.25) is 0 Å². The van der Waals surface area contributed by atoms with E-state index in [-0.39, 0.29) is 0 Å². The van der Waals surface area contributed by atoms with Crippen molar-refractivity contribution in [2.75, 3.05) is 26.3 Å². The lowest BCUT2D eigenvalue weighted by Crippen LogP contribution is -2.27. The number of benzene rings is 1. The van der Waals surface area contributed by atoms with Crippen LogP contribution in [0.5, 0.6) is 11.5 Å². The topological polar surface area (TPSA) is 30.5 Å². The molecule has 2 rings (SSSR count). The summed E-state index contributed by atoms with van der Waals surface area (Å²) >= 11 is 0. The van der Waals surface area contributed by atoms with Gasteiger partial charge in [0, 0.05) is 6.54 Å². The molecule has 0 spiro atoms. The highest BCUT2D eigenvalue weighted by Gasteiger charge is 2.22. The highest BCUT2D eigenvalue weighted by Crippen LogP contribution is 2.36. The third-order valence-corrected chi connectivity index (χ3v) is 4.40. The van der Waals surface area contributed by atoms with E-state index in [4.69, 9.17) is 9.47 Å². The van der Waals surface area contributed by atoms with Crippen molar-refractivity contribution in [1.29, 1.82) is 0 Å². The van der Waals surface area contributed by atoms with Gasteiger partial charge in [0.2, 0.25) is 0 Å². The number of ether oxygens (including phenoxy) is 2. The third kappa shape index (κ3) is 4.13. The summed E-state index contributed by atoms with van der Waals surface area (Å²) in [7, 11) is 0. The van der Waals surface area contributed by atoms with Crippen molar-refractivity contribution in [1.82, 2.24) is 5.32 Å². The van der Waals surface area contributed by atoms with Crippen LogP contribution in [0.3, 0.4) is 0 Å². The quantitative estimate of drug-likeness (QED) is 0.735. The summed E-state index contributed by atoms with van der Waals surface area (Å²) in [5.41, 5.74) is 1.37. The molecule has 1 N–H and O–H groups in total. The minimum absolute atomic E-state index is 0.544. The molecule has 1 aliphatic heterocycles. The van der Waals surface area contributed by atoms with Crippen LogP contribution < -0.4 is 14.8 Å². The smallest absolute Gasteiger partial charge is 0.161 e. The SMILES string of the molecule is CCCNCC(c1ccc2c(c1)OCCO2)C(CC)CC. The van der Waals surface area contributed by atoms with Crippen molar-refractivity contribution in [2.45, 2.75) is 46.0 Å². The van der Waals surface area contributed by atoms with Crippen molar-refractivity contribution in [3.05, 3.63) is 23.8 Å². The Morgan fingerprint density at radius 2 is 1.76 bits per heavy atom. The zero-order valence-electron chi connectivity index (χ0n) is 13.7. The third-order valence-electron chi connectivity index (χ3n) is 4.40. The molecule has 0 aliphatic carbocycles. The summed E-state index contributed by atoms with van der Waals surface area (Å²) < 4.78 is 11.4. The Hall–Kier alpha value is -1.22. The van der Waals surface area contributed by atoms with Gasteiger partial charge < -0.3 is 14.8 Å². The molecule has 1 heterocycles. The predicted molar refractivity (Wildman–Crippen MR) is 87.4 cm³/mol. The number of hydrogen-bond acceptors (Lipinski definition) is 3. The Balaban J connectivity index is 2.18. The Bertz CT molecular complexity index is 429. The number of rotatable bonds is 8. The Kier molecular flexibility index (Phi) is 6.37. The van der Waals surface area contributed by atoms with Crippen LogP contribution in [0.15, 0.2) is 18.2 Å². The van der Waals surface area contributed by atoms with Crippen molar-refractivity contribution in [3.8, 4) is 11.5 Å². The molecule has 1 aliphatic rings. The van der Waals surface area contributed by atoms with E-state index >= 15 is 0 Å². The van der Waals surface area contributed by atoms with Crippen molar-refractivity contribution in [2.24, 2.45) is 5.92 Å². The number of fused-ring (bicyclic) bond motifs is 1. The summed E-state index contributed by atoms with van der Waals surface area (Å²) in [6, 6.07) is 6.47. The van der Waals surface area contributed by atoms with Crippen LogP contribution in [0.25, 0.3) is 0 Å². The van der Waals surface area contributed by atoms with Gasteiger partial charge in [-0.05, 0) is 42.5 Å². The second-order valence-corrected chi connectivity index (χ2v) is 5.79. The van der Waals surface area contributed by atoms with Gasteiger partial charge in [0.1, 0.15) is 13.2 Å². The standard InChI is InChI=1S/C18H29NO2/c1-4-9-19-13-16(14(5-2)6-3)15-7-8-17-18(12-15)21-11-10-20-17/h7-8,12,14,16,19H,4-6,9-11,13H2,1-3H3. The lowest BCUT2D eigenvalue weighted by atomic mass is 9.82. The van der Waals surface area contributed by atoms with Crippen molar-refractivity contribution < 1.29 is 9.47 Å². The second kappa shape index (κ2) is 8.28. The van der Waals surface area contributed by atoms with Crippen LogP contribution in [-0.4, -0.2) is 26.3 Å². The van der Waals surface area contributed by atoms with Crippen LogP contribution >= 0.6 is 0 Å². The fraction of sp³-hybridized carbons (Fsp3) is 0.667. The molecule has 1 aromatic carbocycles. The van der Waals surface area contributed by atoms with E-state index in [0.717, 1.165) is 24.6 Å². The zero-order chi connectivity index (χ0) is 15.1. The molecular formula is C18H29NO2. The lowest BCUT2D eigenvalue weighted by Gasteiger charge is -2.28. The molecule has 0 saturated heterocycles. The van der Waals surface area contributed by atoms with Gasteiger partial charge in [-0.1, -0.05) is 39.7 Å². The van der Waals surface area contributed by atoms with Crippen LogP contribution in [0.1, 0.15) is 51.5 Å². The molecule has 1 atom stereocenters. The van der Waals surface area contributed by atoms with Gasteiger partial charge in [-0.25, -0.2) is 0 Å². The van der Waals surface area contributed by atoms with Crippen LogP contribution in [0, 0.1) is 5.92 Å². The summed E-state index contributed by atoms with van der Waals surface area (Å²) in [5.74, 6) is 3.04. The maximum Gasteiger partial charge on any atom is 0.161 e. The molecule has 21 heavy (non-hydrogen) atoms. The highest BCUT2D eigenvalue weighted by molar-refractivity contribution is 5.45. The molecule has 118 valence electrons. The van der Waals surface area contributed by atoms with E-state index in [0.29, 0.717) is 25.0 Å². The molecule has 0 aromatic heterocycles. The van der Waals surface area contributed by atoms with Crippen molar-refractivity contribution in [3.63, 3.8) is 0 Å². The van der Waals surface area contributed by atoms with E-state index in [9.17, 15) is 0 Å². The first-order valence-electron chi connectivity index (χ1n) is 8.40. The first kappa shape index (κ1) is 16.2. The minimum Gasteiger partial charge on any atom is -0.486 e. The van der Waals surface area contributed by atoms with Gasteiger partial charge in [0.15, 0.2) is 11.5 Å². The molecule has 0 saturated carbocycles. The lowest BCUT2D eigenvalue weighted by molar-refractivity contribution is 0.171. The first-order chi connectivity index (χ1) is 10.3. The van der Waals surface area contributed by atoms with Gasteiger partial charge in [-0.2, -0.15) is 0 Å². The highest BCUT2D eigenvalue weighted by atomic mass is 16.6. The Morgan fingerprint density at radius 3 is 2.43 bits per heavy atom. The van der Waals surface area contributed by atoms with Gasteiger partial charge in [0.05, 0.1) is 0 Å². The maximum absolute atomic E-state index is 5.74. The van der Waals surface area contributed by atoms with Crippen LogP contribution in [-0.2, 0) is 0 Å². The molecule has 1 aromatic rings. The van der Waals surface area contributed by atoms with E-state index < -0.39 is 0 Å². The Morgan fingerprint density at radius 1 is 1.05 bits per heavy atom.